The second kappa shape index (κ2) is 6.87. The van der Waals surface area contributed by atoms with Crippen molar-refractivity contribution >= 4 is 0 Å². The molecule has 0 spiro atoms. The molecule has 0 radical (unpaired) electrons. The summed E-state index contributed by atoms with van der Waals surface area (Å²) in [6.07, 6.45) is -6.04. The number of alkyl halides is 3. The van der Waals surface area contributed by atoms with Crippen LogP contribution in [0.2, 0.25) is 0 Å². The van der Waals surface area contributed by atoms with Gasteiger partial charge in [0, 0.05) is 56.3 Å². The van der Waals surface area contributed by atoms with E-state index in [-0.39, 0.29) is 0 Å². The molecular weight excluding hydrogens is 310 g/mol. The third-order valence-electron chi connectivity index (χ3n) is 3.67. The van der Waals surface area contributed by atoms with Gasteiger partial charge in [0.15, 0.2) is 0 Å². The minimum atomic E-state index is -4.42. The van der Waals surface area contributed by atoms with Crippen molar-refractivity contribution in [2.75, 3.05) is 26.2 Å². The van der Waals surface area contributed by atoms with Gasteiger partial charge < -0.3 is 5.32 Å². The van der Waals surface area contributed by atoms with E-state index in [9.17, 15) is 26.3 Å². The molecule has 1 heterocycles. The van der Waals surface area contributed by atoms with E-state index in [0.717, 1.165) is 0 Å². The van der Waals surface area contributed by atoms with Crippen molar-refractivity contribution in [3.63, 3.8) is 0 Å². The minimum Gasteiger partial charge on any atom is -0.314 e. The summed E-state index contributed by atoms with van der Waals surface area (Å²) in [5.41, 5.74) is -0.493. The smallest absolute Gasteiger partial charge is 0.314 e. The lowest BCUT2D eigenvalue weighted by molar-refractivity contribution is -0.138. The number of nitrogens with zero attached hydrogens (tertiary/aromatic N) is 1. The van der Waals surface area contributed by atoms with Crippen molar-refractivity contribution in [3.8, 4) is 0 Å². The second-order valence-corrected chi connectivity index (χ2v) is 5.24. The lowest BCUT2D eigenvalue weighted by Crippen LogP contribution is -2.45. The van der Waals surface area contributed by atoms with Crippen LogP contribution in [0.25, 0.3) is 0 Å². The fraction of sp³-hybridized carbons (Fsp3) is 0.571. The summed E-state index contributed by atoms with van der Waals surface area (Å²) in [6, 6.07) is -0.0631. The number of piperazine rings is 1. The van der Waals surface area contributed by atoms with Gasteiger partial charge in [-0.2, -0.15) is 13.2 Å². The largest absolute Gasteiger partial charge is 0.389 e. The lowest BCUT2D eigenvalue weighted by Gasteiger charge is -2.35. The molecule has 2 rings (SSSR count). The molecular formula is C14H16F6N2. The van der Waals surface area contributed by atoms with Crippen molar-refractivity contribution in [2.24, 2.45) is 0 Å². The van der Waals surface area contributed by atoms with E-state index in [0.29, 0.717) is 38.3 Å². The molecule has 8 heteroatoms. The summed E-state index contributed by atoms with van der Waals surface area (Å²) in [6.45, 7) is 1.79. The summed E-state index contributed by atoms with van der Waals surface area (Å²) >= 11 is 0. The summed E-state index contributed by atoms with van der Waals surface area (Å²) in [4.78, 5) is 1.60. The Balaban J connectivity index is 2.30. The first-order valence-corrected chi connectivity index (χ1v) is 6.94. The van der Waals surface area contributed by atoms with Gasteiger partial charge >= 0.3 is 6.18 Å². The number of hydrogen-bond donors (Lipinski definition) is 1. The molecule has 0 aliphatic carbocycles. The van der Waals surface area contributed by atoms with Gasteiger partial charge in [-0.1, -0.05) is 0 Å². The van der Waals surface area contributed by atoms with E-state index >= 15 is 0 Å². The topological polar surface area (TPSA) is 15.3 Å². The molecule has 1 N–H and O–H groups in total. The Kier molecular flexibility index (Phi) is 5.33. The first kappa shape index (κ1) is 17.1. The monoisotopic (exact) mass is 326 g/mol. The summed E-state index contributed by atoms with van der Waals surface area (Å²) in [5.74, 6) is -3.39. The maximum absolute atomic E-state index is 13.9. The van der Waals surface area contributed by atoms with Crippen LogP contribution in [0.1, 0.15) is 24.4 Å². The van der Waals surface area contributed by atoms with E-state index in [2.05, 4.69) is 5.32 Å². The molecule has 1 aliphatic heterocycles. The minimum absolute atomic E-state index is 0.374. The zero-order chi connectivity index (χ0) is 16.3. The van der Waals surface area contributed by atoms with Crippen molar-refractivity contribution in [3.05, 3.63) is 35.1 Å². The highest BCUT2D eigenvalue weighted by Crippen LogP contribution is 2.34. The SMILES string of the molecule is Fc1cc(F)c([C@@H](CCC(F)(F)F)N2CCNCC2)c(F)c1. The van der Waals surface area contributed by atoms with E-state index in [4.69, 9.17) is 0 Å². The molecule has 1 atom stereocenters. The van der Waals surface area contributed by atoms with E-state index in [1.807, 2.05) is 0 Å². The summed E-state index contributed by atoms with van der Waals surface area (Å²) in [5, 5.41) is 3.02. The zero-order valence-electron chi connectivity index (χ0n) is 11.7. The summed E-state index contributed by atoms with van der Waals surface area (Å²) < 4.78 is 78.3. The molecule has 0 bridgehead atoms. The molecule has 1 aromatic rings. The quantitative estimate of drug-likeness (QED) is 0.853. The first-order valence-electron chi connectivity index (χ1n) is 6.94. The van der Waals surface area contributed by atoms with Gasteiger partial charge in [0.05, 0.1) is 0 Å². The number of nitrogens with one attached hydrogen (secondary N) is 1. The van der Waals surface area contributed by atoms with Gasteiger partial charge in [-0.25, -0.2) is 13.2 Å². The van der Waals surface area contributed by atoms with Gasteiger partial charge in [0.25, 0.3) is 0 Å². The van der Waals surface area contributed by atoms with Crippen LogP contribution in [-0.2, 0) is 0 Å². The van der Waals surface area contributed by atoms with Crippen molar-refractivity contribution < 1.29 is 26.3 Å². The summed E-state index contributed by atoms with van der Waals surface area (Å²) in [7, 11) is 0. The molecule has 124 valence electrons. The number of rotatable bonds is 4. The molecule has 1 fully saturated rings. The van der Waals surface area contributed by atoms with Crippen molar-refractivity contribution in [1.29, 1.82) is 0 Å². The molecule has 0 unspecified atom stereocenters. The fourth-order valence-corrected chi connectivity index (χ4v) is 2.68. The first-order chi connectivity index (χ1) is 10.3. The molecule has 0 saturated carbocycles. The Morgan fingerprint density at radius 2 is 1.59 bits per heavy atom. The molecule has 1 aliphatic rings. The zero-order valence-corrected chi connectivity index (χ0v) is 11.7. The van der Waals surface area contributed by atoms with Gasteiger partial charge in [0.1, 0.15) is 17.5 Å². The Labute approximate surface area is 124 Å². The van der Waals surface area contributed by atoms with Crippen LogP contribution >= 0.6 is 0 Å². The highest BCUT2D eigenvalue weighted by molar-refractivity contribution is 5.24. The average Bonchev–Trinajstić information content (AvgIpc) is 2.41. The predicted molar refractivity (Wildman–Crippen MR) is 68.8 cm³/mol. The van der Waals surface area contributed by atoms with Crippen LogP contribution < -0.4 is 5.32 Å². The third kappa shape index (κ3) is 4.36. The van der Waals surface area contributed by atoms with Crippen LogP contribution in [0, 0.1) is 17.5 Å². The van der Waals surface area contributed by atoms with Gasteiger partial charge in [-0.05, 0) is 6.42 Å². The van der Waals surface area contributed by atoms with Gasteiger partial charge in [-0.3, -0.25) is 4.90 Å². The standard InChI is InChI=1S/C14H16F6N2/c15-9-7-10(16)13(11(17)8-9)12(1-2-14(18,19)20)22-5-3-21-4-6-22/h7-8,12,21H,1-6H2/t12-/m1/s1. The van der Waals surface area contributed by atoms with Gasteiger partial charge in [0.2, 0.25) is 0 Å². The Hall–Kier alpha value is -1.28. The van der Waals surface area contributed by atoms with Crippen LogP contribution in [-0.4, -0.2) is 37.3 Å². The van der Waals surface area contributed by atoms with E-state index in [1.165, 1.54) is 0 Å². The molecule has 1 saturated heterocycles. The molecule has 2 nitrogen and oxygen atoms in total. The average molecular weight is 326 g/mol. The predicted octanol–water partition coefficient (Wildman–Crippen LogP) is 3.39. The fourth-order valence-electron chi connectivity index (χ4n) is 2.68. The lowest BCUT2D eigenvalue weighted by atomic mass is 9.98. The number of hydrogen-bond acceptors (Lipinski definition) is 2. The van der Waals surface area contributed by atoms with Crippen molar-refractivity contribution in [1.82, 2.24) is 10.2 Å². The van der Waals surface area contributed by atoms with Gasteiger partial charge in [-0.15, -0.1) is 0 Å². The Morgan fingerprint density at radius 3 is 2.09 bits per heavy atom. The maximum Gasteiger partial charge on any atom is 0.389 e. The van der Waals surface area contributed by atoms with Crippen molar-refractivity contribution in [2.45, 2.75) is 25.1 Å². The highest BCUT2D eigenvalue weighted by atomic mass is 19.4. The Morgan fingerprint density at radius 1 is 1.05 bits per heavy atom. The van der Waals surface area contributed by atoms with Crippen LogP contribution in [0.3, 0.4) is 0 Å². The van der Waals surface area contributed by atoms with Crippen LogP contribution in [0.15, 0.2) is 12.1 Å². The third-order valence-corrected chi connectivity index (χ3v) is 3.67. The molecule has 1 aromatic carbocycles. The Bertz CT molecular complexity index is 488. The van der Waals surface area contributed by atoms with Crippen LogP contribution in [0.4, 0.5) is 26.3 Å². The molecule has 0 amide bonds. The van der Waals surface area contributed by atoms with E-state index in [1.54, 1.807) is 4.90 Å². The number of halogens is 6. The highest BCUT2D eigenvalue weighted by Gasteiger charge is 2.33. The second-order valence-electron chi connectivity index (χ2n) is 5.24. The maximum atomic E-state index is 13.9. The van der Waals surface area contributed by atoms with Crippen LogP contribution in [0.5, 0.6) is 0 Å². The van der Waals surface area contributed by atoms with E-state index < -0.39 is 48.1 Å². The molecule has 0 aromatic heterocycles. The molecule has 22 heavy (non-hydrogen) atoms. The number of benzene rings is 1. The normalized spacial score (nSPS) is 18.5.